The van der Waals surface area contributed by atoms with Crippen LogP contribution in [0.1, 0.15) is 16.1 Å². The minimum absolute atomic E-state index is 0.150. The van der Waals surface area contributed by atoms with Gasteiger partial charge in [0.15, 0.2) is 5.76 Å². The van der Waals surface area contributed by atoms with Crippen LogP contribution in [0.4, 0.5) is 0 Å². The molecule has 0 unspecified atom stereocenters. The topological polar surface area (TPSA) is 86.8 Å². The number of aryl methyl sites for hydroxylation is 1. The smallest absolute Gasteiger partial charge is 0.255 e. The first kappa shape index (κ1) is 15.2. The second kappa shape index (κ2) is 7.01. The van der Waals surface area contributed by atoms with Gasteiger partial charge >= 0.3 is 0 Å². The highest BCUT2D eigenvalue weighted by Crippen LogP contribution is 2.20. The van der Waals surface area contributed by atoms with Crippen LogP contribution < -0.4 is 0 Å². The molecule has 0 bridgehead atoms. The van der Waals surface area contributed by atoms with Crippen molar-refractivity contribution in [3.8, 4) is 11.5 Å². The van der Waals surface area contributed by atoms with Gasteiger partial charge in [-0.05, 0) is 31.2 Å². The van der Waals surface area contributed by atoms with Crippen molar-refractivity contribution in [2.24, 2.45) is 0 Å². The van der Waals surface area contributed by atoms with Gasteiger partial charge in [-0.15, -0.1) is 0 Å². The molecule has 0 atom stereocenters. The number of aliphatic hydroxyl groups is 2. The molecule has 0 saturated carbocycles. The van der Waals surface area contributed by atoms with E-state index in [9.17, 15) is 4.79 Å². The van der Waals surface area contributed by atoms with Gasteiger partial charge in [0.1, 0.15) is 5.69 Å². The summed E-state index contributed by atoms with van der Waals surface area (Å²) in [6.07, 6.45) is 1.57. The Bertz CT molecular complexity index is 590. The quantitative estimate of drug-likeness (QED) is 0.831. The summed E-state index contributed by atoms with van der Waals surface area (Å²) >= 11 is 0. The minimum atomic E-state index is -0.255. The van der Waals surface area contributed by atoms with E-state index in [1.165, 1.54) is 4.90 Å². The van der Waals surface area contributed by atoms with Gasteiger partial charge in [-0.2, -0.15) is 0 Å². The fourth-order valence-electron chi connectivity index (χ4n) is 2.08. The van der Waals surface area contributed by atoms with Crippen molar-refractivity contribution in [2.75, 3.05) is 26.3 Å². The van der Waals surface area contributed by atoms with E-state index in [1.807, 2.05) is 0 Å². The zero-order valence-corrected chi connectivity index (χ0v) is 11.8. The van der Waals surface area contributed by atoms with E-state index >= 15 is 0 Å². The molecular weight excluding hydrogens is 272 g/mol. The van der Waals surface area contributed by atoms with Gasteiger partial charge in [-0.25, -0.2) is 4.98 Å². The number of amides is 1. The molecule has 2 rings (SSSR count). The molecule has 0 aromatic carbocycles. The van der Waals surface area contributed by atoms with E-state index < -0.39 is 0 Å². The third-order valence-electron chi connectivity index (χ3n) is 3.12. The molecule has 0 fully saturated rings. The van der Waals surface area contributed by atoms with Crippen molar-refractivity contribution in [2.45, 2.75) is 6.92 Å². The Hall–Kier alpha value is -2.18. The summed E-state index contributed by atoms with van der Waals surface area (Å²) < 4.78 is 5.28. The summed E-state index contributed by atoms with van der Waals surface area (Å²) in [4.78, 5) is 18.2. The number of furan rings is 1. The van der Waals surface area contributed by atoms with E-state index in [1.54, 1.807) is 37.5 Å². The van der Waals surface area contributed by atoms with Crippen LogP contribution in [0.3, 0.4) is 0 Å². The summed E-state index contributed by atoms with van der Waals surface area (Å²) in [5.74, 6) is 0.383. The van der Waals surface area contributed by atoms with Crippen molar-refractivity contribution in [3.05, 3.63) is 41.8 Å². The second-order valence-electron chi connectivity index (χ2n) is 4.55. The molecule has 2 N–H and O–H groups in total. The Morgan fingerprint density at radius 2 is 1.95 bits per heavy atom. The largest absolute Gasteiger partial charge is 0.463 e. The first-order valence-corrected chi connectivity index (χ1v) is 6.70. The van der Waals surface area contributed by atoms with E-state index in [-0.39, 0.29) is 32.2 Å². The molecular formula is C15H18N2O4. The number of carbonyl (C=O) groups excluding carboxylic acids is 1. The molecule has 112 valence electrons. The van der Waals surface area contributed by atoms with Crippen molar-refractivity contribution in [3.63, 3.8) is 0 Å². The van der Waals surface area contributed by atoms with Crippen molar-refractivity contribution < 1.29 is 19.4 Å². The molecule has 0 aliphatic heterocycles. The standard InChI is InChI=1S/C15H18N2O4/c1-11-12(15(20)17(6-8-18)7-9-19)4-5-13(16-11)14-3-2-10-21-14/h2-5,10,18-19H,6-9H2,1H3. The Morgan fingerprint density at radius 1 is 1.24 bits per heavy atom. The van der Waals surface area contributed by atoms with Crippen molar-refractivity contribution >= 4 is 5.91 Å². The minimum Gasteiger partial charge on any atom is -0.463 e. The number of hydrogen-bond donors (Lipinski definition) is 2. The average molecular weight is 290 g/mol. The summed E-state index contributed by atoms with van der Waals surface area (Å²) in [5, 5.41) is 18.0. The number of carbonyl (C=O) groups is 1. The normalized spacial score (nSPS) is 10.6. The number of aliphatic hydroxyl groups excluding tert-OH is 2. The average Bonchev–Trinajstić information content (AvgIpc) is 3.00. The first-order valence-electron chi connectivity index (χ1n) is 6.70. The van der Waals surface area contributed by atoms with Gasteiger partial charge in [0.25, 0.3) is 5.91 Å². The molecule has 2 aromatic rings. The fourth-order valence-corrected chi connectivity index (χ4v) is 2.08. The lowest BCUT2D eigenvalue weighted by atomic mass is 10.1. The Labute approximate surface area is 122 Å². The molecule has 1 amide bonds. The van der Waals surface area contributed by atoms with Crippen molar-refractivity contribution in [1.82, 2.24) is 9.88 Å². The van der Waals surface area contributed by atoms with Gasteiger partial charge < -0.3 is 19.5 Å². The Balaban J connectivity index is 2.25. The van der Waals surface area contributed by atoms with Crippen LogP contribution in [0.5, 0.6) is 0 Å². The number of pyridine rings is 1. The van der Waals surface area contributed by atoms with E-state index in [2.05, 4.69) is 4.98 Å². The lowest BCUT2D eigenvalue weighted by Gasteiger charge is -2.21. The zero-order chi connectivity index (χ0) is 15.2. The molecule has 0 aliphatic rings. The Kier molecular flexibility index (Phi) is 5.08. The highest BCUT2D eigenvalue weighted by atomic mass is 16.3. The Morgan fingerprint density at radius 3 is 2.48 bits per heavy atom. The molecule has 21 heavy (non-hydrogen) atoms. The van der Waals surface area contributed by atoms with Gasteiger partial charge in [0.2, 0.25) is 0 Å². The summed E-state index contributed by atoms with van der Waals surface area (Å²) in [6, 6.07) is 6.97. The van der Waals surface area contributed by atoms with Crippen LogP contribution in [0.25, 0.3) is 11.5 Å². The van der Waals surface area contributed by atoms with E-state index in [0.717, 1.165) is 0 Å². The van der Waals surface area contributed by atoms with Crippen LogP contribution in [-0.4, -0.2) is 52.3 Å². The fraction of sp³-hybridized carbons (Fsp3) is 0.333. The number of hydrogen-bond acceptors (Lipinski definition) is 5. The van der Waals surface area contributed by atoms with E-state index in [4.69, 9.17) is 14.6 Å². The highest BCUT2D eigenvalue weighted by Gasteiger charge is 2.18. The van der Waals surface area contributed by atoms with E-state index in [0.29, 0.717) is 22.7 Å². The van der Waals surface area contributed by atoms with Crippen LogP contribution in [0.15, 0.2) is 34.9 Å². The maximum absolute atomic E-state index is 12.4. The van der Waals surface area contributed by atoms with Crippen LogP contribution in [0.2, 0.25) is 0 Å². The monoisotopic (exact) mass is 290 g/mol. The van der Waals surface area contributed by atoms with Crippen LogP contribution >= 0.6 is 0 Å². The third kappa shape index (κ3) is 3.48. The number of nitrogens with zero attached hydrogens (tertiary/aromatic N) is 2. The second-order valence-corrected chi connectivity index (χ2v) is 4.55. The molecule has 0 radical (unpaired) electrons. The van der Waals surface area contributed by atoms with Crippen LogP contribution in [-0.2, 0) is 0 Å². The molecule has 6 heteroatoms. The third-order valence-corrected chi connectivity index (χ3v) is 3.12. The molecule has 2 aromatic heterocycles. The SMILES string of the molecule is Cc1nc(-c2ccco2)ccc1C(=O)N(CCO)CCO. The summed E-state index contributed by atoms with van der Waals surface area (Å²) in [7, 11) is 0. The lowest BCUT2D eigenvalue weighted by molar-refractivity contribution is 0.0683. The predicted octanol–water partition coefficient (Wildman–Crippen LogP) is 1.08. The predicted molar refractivity (Wildman–Crippen MR) is 76.8 cm³/mol. The highest BCUT2D eigenvalue weighted by molar-refractivity contribution is 5.95. The van der Waals surface area contributed by atoms with Gasteiger partial charge in [-0.3, -0.25) is 4.79 Å². The molecule has 0 saturated heterocycles. The number of rotatable bonds is 6. The van der Waals surface area contributed by atoms with Crippen molar-refractivity contribution in [1.29, 1.82) is 0 Å². The molecule has 2 heterocycles. The first-order chi connectivity index (χ1) is 10.2. The zero-order valence-electron chi connectivity index (χ0n) is 11.8. The molecule has 0 spiro atoms. The number of aromatic nitrogens is 1. The maximum Gasteiger partial charge on any atom is 0.255 e. The van der Waals surface area contributed by atoms with Crippen LogP contribution in [0, 0.1) is 6.92 Å². The molecule has 6 nitrogen and oxygen atoms in total. The van der Waals surface area contributed by atoms with Gasteiger partial charge in [0.05, 0.1) is 30.7 Å². The van der Waals surface area contributed by atoms with Gasteiger partial charge in [-0.1, -0.05) is 0 Å². The molecule has 0 aliphatic carbocycles. The summed E-state index contributed by atoms with van der Waals surface area (Å²) in [5.41, 5.74) is 1.69. The van der Waals surface area contributed by atoms with Gasteiger partial charge in [0, 0.05) is 13.1 Å². The maximum atomic E-state index is 12.4. The lowest BCUT2D eigenvalue weighted by Crippen LogP contribution is -2.36. The summed E-state index contributed by atoms with van der Waals surface area (Å²) in [6.45, 7) is 1.80.